The van der Waals surface area contributed by atoms with E-state index in [-0.39, 0.29) is 24.5 Å². The molecule has 3 aromatic rings. The van der Waals surface area contributed by atoms with Crippen molar-refractivity contribution in [2.45, 2.75) is 38.6 Å². The normalized spacial score (nSPS) is 11.2. The van der Waals surface area contributed by atoms with Gasteiger partial charge in [0.2, 0.25) is 5.91 Å². The van der Waals surface area contributed by atoms with Crippen molar-refractivity contribution in [1.29, 1.82) is 0 Å². The maximum absolute atomic E-state index is 13.1. The van der Waals surface area contributed by atoms with Crippen LogP contribution in [0, 0.1) is 10.1 Å². The molecule has 0 unspecified atom stereocenters. The maximum atomic E-state index is 13.1. The fourth-order valence-corrected chi connectivity index (χ4v) is 4.00. The Morgan fingerprint density at radius 3 is 2.30 bits per heavy atom. The molecule has 0 saturated carbocycles. The van der Waals surface area contributed by atoms with Crippen molar-refractivity contribution in [3.8, 4) is 5.75 Å². The van der Waals surface area contributed by atoms with E-state index in [0.717, 1.165) is 19.3 Å². The number of esters is 1. The molecule has 0 aromatic heterocycles. The van der Waals surface area contributed by atoms with Gasteiger partial charge in [-0.15, -0.1) is 0 Å². The van der Waals surface area contributed by atoms with Crippen molar-refractivity contribution in [2.75, 3.05) is 19.8 Å². The largest absolute Gasteiger partial charge is 0.475 e. The molecule has 0 radical (unpaired) electrons. The van der Waals surface area contributed by atoms with Gasteiger partial charge in [-0.3, -0.25) is 19.7 Å². The van der Waals surface area contributed by atoms with Gasteiger partial charge in [-0.1, -0.05) is 54.6 Å². The minimum Gasteiger partial charge on any atom is -0.475 e. The van der Waals surface area contributed by atoms with Crippen LogP contribution in [-0.2, 0) is 27.2 Å². The van der Waals surface area contributed by atoms with Gasteiger partial charge in [0.15, 0.2) is 12.4 Å². The van der Waals surface area contributed by atoms with Gasteiger partial charge in [-0.05, 0) is 55.5 Å². The van der Waals surface area contributed by atoms with E-state index < -0.39 is 35.4 Å². The zero-order valence-corrected chi connectivity index (χ0v) is 22.3. The molecule has 3 aromatic carbocycles. The minimum atomic E-state index is -0.979. The Hall–Kier alpha value is -4.73. The van der Waals surface area contributed by atoms with E-state index in [4.69, 9.17) is 9.47 Å². The molecule has 0 heterocycles. The van der Waals surface area contributed by atoms with Gasteiger partial charge in [0.25, 0.3) is 5.91 Å². The lowest BCUT2D eigenvalue weighted by atomic mass is 10.0. The molecule has 10 nitrogen and oxygen atoms in total. The number of nitrogens with zero attached hydrogens (tertiary/aromatic N) is 1. The Labute approximate surface area is 232 Å². The molecule has 1 atom stereocenters. The number of aryl methyl sites for hydroxylation is 1. The molecule has 0 saturated heterocycles. The van der Waals surface area contributed by atoms with Gasteiger partial charge < -0.3 is 20.1 Å². The fraction of sp³-hybridized carbons (Fsp3) is 0.300. The Morgan fingerprint density at radius 1 is 0.925 bits per heavy atom. The second-order valence-electron chi connectivity index (χ2n) is 8.98. The Kier molecular flexibility index (Phi) is 11.6. The number of carbonyl (C=O) groups excluding carboxylic acids is 3. The predicted molar refractivity (Wildman–Crippen MR) is 149 cm³/mol. The van der Waals surface area contributed by atoms with Crippen LogP contribution in [0.2, 0.25) is 0 Å². The number of unbranched alkanes of at least 4 members (excludes halogenated alkanes) is 1. The SMILES string of the molecule is CCOC(=O)COc1ccc(C[C@H](NC(=O)c2ccccc2)C(=O)NCCCCc2ccccc2)cc1[N+](=O)[O-]. The van der Waals surface area contributed by atoms with E-state index in [2.05, 4.69) is 22.8 Å². The molecule has 2 amide bonds. The summed E-state index contributed by atoms with van der Waals surface area (Å²) in [6.07, 6.45) is 2.52. The Balaban J connectivity index is 1.68. The van der Waals surface area contributed by atoms with Crippen molar-refractivity contribution < 1.29 is 28.8 Å². The maximum Gasteiger partial charge on any atom is 0.344 e. The highest BCUT2D eigenvalue weighted by Gasteiger charge is 2.24. The van der Waals surface area contributed by atoms with Crippen molar-refractivity contribution in [3.05, 3.63) is 106 Å². The molecule has 0 bridgehead atoms. The lowest BCUT2D eigenvalue weighted by Gasteiger charge is -2.19. The number of hydrogen-bond acceptors (Lipinski definition) is 7. The van der Waals surface area contributed by atoms with Gasteiger partial charge >= 0.3 is 11.7 Å². The van der Waals surface area contributed by atoms with E-state index in [1.54, 1.807) is 43.3 Å². The van der Waals surface area contributed by atoms with Gasteiger partial charge in [-0.25, -0.2) is 4.79 Å². The van der Waals surface area contributed by atoms with Crippen molar-refractivity contribution in [1.82, 2.24) is 10.6 Å². The van der Waals surface area contributed by atoms with Crippen molar-refractivity contribution >= 4 is 23.5 Å². The first-order valence-electron chi connectivity index (χ1n) is 13.1. The summed E-state index contributed by atoms with van der Waals surface area (Å²) in [6.45, 7) is 1.75. The zero-order chi connectivity index (χ0) is 28.7. The van der Waals surface area contributed by atoms with Crippen LogP contribution in [0.3, 0.4) is 0 Å². The summed E-state index contributed by atoms with van der Waals surface area (Å²) in [5, 5.41) is 17.3. The molecule has 0 aliphatic carbocycles. The Bertz CT molecular complexity index is 1280. The summed E-state index contributed by atoms with van der Waals surface area (Å²) in [5.41, 5.74) is 1.68. The number of rotatable bonds is 15. The molecule has 0 aliphatic heterocycles. The van der Waals surface area contributed by atoms with Crippen LogP contribution < -0.4 is 15.4 Å². The van der Waals surface area contributed by atoms with Crippen LogP contribution in [0.4, 0.5) is 5.69 Å². The fourth-order valence-electron chi connectivity index (χ4n) is 4.00. The number of ether oxygens (including phenoxy) is 2. The average Bonchev–Trinajstić information content (AvgIpc) is 2.96. The van der Waals surface area contributed by atoms with Gasteiger partial charge in [0.05, 0.1) is 11.5 Å². The highest BCUT2D eigenvalue weighted by Crippen LogP contribution is 2.28. The van der Waals surface area contributed by atoms with Gasteiger partial charge in [0.1, 0.15) is 6.04 Å². The second kappa shape index (κ2) is 15.6. The number of nitro benzene ring substituents is 1. The number of amides is 2. The number of nitro groups is 1. The molecule has 3 rings (SSSR count). The third kappa shape index (κ3) is 9.54. The van der Waals surface area contributed by atoms with E-state index in [9.17, 15) is 24.5 Å². The van der Waals surface area contributed by atoms with E-state index in [1.807, 2.05) is 18.2 Å². The van der Waals surface area contributed by atoms with Crippen LogP contribution in [-0.4, -0.2) is 48.5 Å². The number of benzene rings is 3. The molecule has 210 valence electrons. The second-order valence-corrected chi connectivity index (χ2v) is 8.98. The molecule has 0 spiro atoms. The molecule has 2 N–H and O–H groups in total. The average molecular weight is 548 g/mol. The van der Waals surface area contributed by atoms with Crippen LogP contribution in [0.25, 0.3) is 0 Å². The summed E-state index contributed by atoms with van der Waals surface area (Å²) < 4.78 is 10.1. The van der Waals surface area contributed by atoms with E-state index in [0.29, 0.717) is 17.7 Å². The van der Waals surface area contributed by atoms with Crippen LogP contribution in [0.15, 0.2) is 78.9 Å². The van der Waals surface area contributed by atoms with Crippen LogP contribution in [0.5, 0.6) is 5.75 Å². The smallest absolute Gasteiger partial charge is 0.344 e. The summed E-state index contributed by atoms with van der Waals surface area (Å²) in [7, 11) is 0. The lowest BCUT2D eigenvalue weighted by Crippen LogP contribution is -2.48. The molecule has 10 heteroatoms. The third-order valence-electron chi connectivity index (χ3n) is 6.00. The third-order valence-corrected chi connectivity index (χ3v) is 6.00. The van der Waals surface area contributed by atoms with E-state index >= 15 is 0 Å². The molecule has 40 heavy (non-hydrogen) atoms. The highest BCUT2D eigenvalue weighted by atomic mass is 16.6. The highest BCUT2D eigenvalue weighted by molar-refractivity contribution is 5.97. The standard InChI is InChI=1S/C30H33N3O7/c1-2-39-28(34)21-40-27-17-16-23(20-26(27)33(37)38)19-25(32-29(35)24-14-7-4-8-15-24)30(36)31-18-10-9-13-22-11-5-3-6-12-22/h3-8,11-12,14-17,20,25H,2,9-10,13,18-19,21H2,1H3,(H,31,36)(H,32,35)/t25-/m0/s1. The van der Waals surface area contributed by atoms with Crippen LogP contribution >= 0.6 is 0 Å². The van der Waals surface area contributed by atoms with Crippen molar-refractivity contribution in [2.24, 2.45) is 0 Å². The van der Waals surface area contributed by atoms with E-state index in [1.165, 1.54) is 17.7 Å². The minimum absolute atomic E-state index is 0.00736. The first kappa shape index (κ1) is 29.8. The number of carbonyl (C=O) groups is 3. The van der Waals surface area contributed by atoms with Gasteiger partial charge in [0, 0.05) is 24.6 Å². The summed E-state index contributed by atoms with van der Waals surface area (Å²) in [6, 6.07) is 21.7. The number of nitrogens with one attached hydrogen (secondary N) is 2. The number of hydrogen-bond donors (Lipinski definition) is 2. The molecular weight excluding hydrogens is 514 g/mol. The predicted octanol–water partition coefficient (Wildman–Crippen LogP) is 4.02. The summed E-state index contributed by atoms with van der Waals surface area (Å²) in [5.74, 6) is -1.58. The first-order valence-corrected chi connectivity index (χ1v) is 13.1. The summed E-state index contributed by atoms with van der Waals surface area (Å²) >= 11 is 0. The van der Waals surface area contributed by atoms with Crippen molar-refractivity contribution in [3.63, 3.8) is 0 Å². The first-order chi connectivity index (χ1) is 19.4. The lowest BCUT2D eigenvalue weighted by molar-refractivity contribution is -0.385. The van der Waals surface area contributed by atoms with Crippen LogP contribution in [0.1, 0.15) is 41.3 Å². The molecule has 0 aliphatic rings. The quantitative estimate of drug-likeness (QED) is 0.127. The Morgan fingerprint density at radius 2 is 1.62 bits per heavy atom. The van der Waals surface area contributed by atoms with Gasteiger partial charge in [-0.2, -0.15) is 0 Å². The summed E-state index contributed by atoms with van der Waals surface area (Å²) in [4.78, 5) is 48.7. The topological polar surface area (TPSA) is 137 Å². The zero-order valence-electron chi connectivity index (χ0n) is 22.3. The molecule has 0 fully saturated rings. The molecular formula is C30H33N3O7. The monoisotopic (exact) mass is 547 g/mol.